The van der Waals surface area contributed by atoms with Gasteiger partial charge in [0.1, 0.15) is 6.10 Å². The number of hydrogen-bond donors (Lipinski definition) is 0. The topological polar surface area (TPSA) is 31.0 Å². The van der Waals surface area contributed by atoms with Crippen molar-refractivity contribution in [3.63, 3.8) is 0 Å². The summed E-state index contributed by atoms with van der Waals surface area (Å²) in [7, 11) is 0. The molecule has 2 fully saturated rings. The van der Waals surface area contributed by atoms with Gasteiger partial charge in [-0.15, -0.1) is 0 Å². The number of unbranched alkanes of at least 4 members (excludes halogenated alkanes) is 4. The first-order valence-electron chi connectivity index (χ1n) is 9.35. The van der Waals surface area contributed by atoms with Gasteiger partial charge < -0.3 is 14.2 Å². The highest BCUT2D eigenvalue weighted by molar-refractivity contribution is 4.86. The van der Waals surface area contributed by atoms with Crippen LogP contribution in [0.5, 0.6) is 0 Å². The first kappa shape index (κ1) is 17.8. The number of epoxide rings is 1. The fraction of sp³-hybridized carbons (Fsp3) is 0.895. The molecule has 3 heteroatoms. The molecule has 0 radical (unpaired) electrons. The normalized spacial score (nSPS) is 24.7. The summed E-state index contributed by atoms with van der Waals surface area (Å²) in [4.78, 5) is 0. The van der Waals surface area contributed by atoms with Crippen LogP contribution in [0.2, 0.25) is 0 Å². The summed E-state index contributed by atoms with van der Waals surface area (Å²) in [6.45, 7) is 7.57. The highest BCUT2D eigenvalue weighted by Gasteiger charge is 2.42. The molecule has 1 saturated carbocycles. The van der Waals surface area contributed by atoms with E-state index in [4.69, 9.17) is 14.2 Å². The molecule has 0 N–H and O–H groups in total. The summed E-state index contributed by atoms with van der Waals surface area (Å²) < 4.78 is 17.7. The average Bonchev–Trinajstić information content (AvgIpc) is 3.37. The van der Waals surface area contributed by atoms with E-state index in [1.165, 1.54) is 64.2 Å². The van der Waals surface area contributed by atoms with E-state index in [0.29, 0.717) is 12.5 Å². The van der Waals surface area contributed by atoms with Crippen LogP contribution in [-0.4, -0.2) is 25.1 Å². The van der Waals surface area contributed by atoms with Gasteiger partial charge in [-0.25, -0.2) is 0 Å². The van der Waals surface area contributed by atoms with Crippen LogP contribution >= 0.6 is 0 Å². The minimum atomic E-state index is -0.458. The quantitative estimate of drug-likeness (QED) is 0.215. The second-order valence-electron chi connectivity index (χ2n) is 6.86. The molecule has 0 bridgehead atoms. The maximum atomic E-state index is 6.32. The van der Waals surface area contributed by atoms with E-state index in [-0.39, 0.29) is 6.10 Å². The monoisotopic (exact) mass is 310 g/mol. The molecule has 0 aromatic carbocycles. The van der Waals surface area contributed by atoms with Crippen molar-refractivity contribution in [1.29, 1.82) is 0 Å². The van der Waals surface area contributed by atoms with Gasteiger partial charge in [0.2, 0.25) is 5.79 Å². The van der Waals surface area contributed by atoms with Gasteiger partial charge in [0.15, 0.2) is 0 Å². The molecular formula is C19H34O3. The minimum Gasteiger partial charge on any atom is -0.470 e. The van der Waals surface area contributed by atoms with Crippen molar-refractivity contribution in [3.05, 3.63) is 12.8 Å². The zero-order chi connectivity index (χ0) is 15.7. The van der Waals surface area contributed by atoms with Crippen LogP contribution in [0.15, 0.2) is 12.8 Å². The van der Waals surface area contributed by atoms with Gasteiger partial charge in [-0.2, -0.15) is 0 Å². The Kier molecular flexibility index (Phi) is 7.74. The van der Waals surface area contributed by atoms with Crippen molar-refractivity contribution in [1.82, 2.24) is 0 Å². The van der Waals surface area contributed by atoms with Crippen LogP contribution in [0, 0.1) is 5.92 Å². The Morgan fingerprint density at radius 1 is 1.14 bits per heavy atom. The fourth-order valence-corrected chi connectivity index (χ4v) is 3.64. The van der Waals surface area contributed by atoms with E-state index >= 15 is 0 Å². The summed E-state index contributed by atoms with van der Waals surface area (Å²) >= 11 is 0. The van der Waals surface area contributed by atoms with Crippen molar-refractivity contribution in [2.24, 2.45) is 5.92 Å². The summed E-state index contributed by atoms with van der Waals surface area (Å²) in [5, 5.41) is 0. The molecular weight excluding hydrogens is 276 g/mol. The van der Waals surface area contributed by atoms with Crippen LogP contribution in [0.4, 0.5) is 0 Å². The van der Waals surface area contributed by atoms with E-state index in [0.717, 1.165) is 13.0 Å². The maximum absolute atomic E-state index is 6.32. The SMILES string of the molecule is C=COC(CCCCCCC)(OCC1CO1)C1CCCCC1. The highest BCUT2D eigenvalue weighted by Crippen LogP contribution is 2.40. The number of hydrogen-bond acceptors (Lipinski definition) is 3. The van der Waals surface area contributed by atoms with Gasteiger partial charge in [-0.1, -0.05) is 58.4 Å². The van der Waals surface area contributed by atoms with Crippen LogP contribution in [-0.2, 0) is 14.2 Å². The summed E-state index contributed by atoms with van der Waals surface area (Å²) in [6.07, 6.45) is 15.6. The summed E-state index contributed by atoms with van der Waals surface area (Å²) in [5.41, 5.74) is 0. The molecule has 3 nitrogen and oxygen atoms in total. The van der Waals surface area contributed by atoms with E-state index in [2.05, 4.69) is 13.5 Å². The number of rotatable bonds is 12. The van der Waals surface area contributed by atoms with Gasteiger partial charge in [-0.05, 0) is 19.3 Å². The molecule has 0 amide bonds. The lowest BCUT2D eigenvalue weighted by Gasteiger charge is -2.41. The molecule has 1 saturated heterocycles. The third-order valence-corrected chi connectivity index (χ3v) is 5.05. The largest absolute Gasteiger partial charge is 0.470 e. The summed E-state index contributed by atoms with van der Waals surface area (Å²) in [5.74, 6) is 0.0459. The zero-order valence-electron chi connectivity index (χ0n) is 14.4. The van der Waals surface area contributed by atoms with Crippen molar-refractivity contribution < 1.29 is 14.2 Å². The lowest BCUT2D eigenvalue weighted by Crippen LogP contribution is -2.44. The summed E-state index contributed by atoms with van der Waals surface area (Å²) in [6, 6.07) is 0. The average molecular weight is 310 g/mol. The van der Waals surface area contributed by atoms with Crippen LogP contribution in [0.1, 0.15) is 77.6 Å². The second-order valence-corrected chi connectivity index (χ2v) is 6.86. The third-order valence-electron chi connectivity index (χ3n) is 5.05. The Morgan fingerprint density at radius 2 is 1.86 bits per heavy atom. The van der Waals surface area contributed by atoms with E-state index in [1.54, 1.807) is 6.26 Å². The molecule has 0 spiro atoms. The first-order chi connectivity index (χ1) is 10.8. The zero-order valence-corrected chi connectivity index (χ0v) is 14.4. The lowest BCUT2D eigenvalue weighted by molar-refractivity contribution is -0.251. The van der Waals surface area contributed by atoms with E-state index in [1.807, 2.05) is 0 Å². The minimum absolute atomic E-state index is 0.288. The molecule has 2 atom stereocenters. The van der Waals surface area contributed by atoms with Crippen molar-refractivity contribution in [2.45, 2.75) is 89.4 Å². The Balaban J connectivity index is 1.92. The molecule has 2 rings (SSSR count). The molecule has 128 valence electrons. The molecule has 2 aliphatic rings. The molecule has 1 heterocycles. The number of ether oxygens (including phenoxy) is 3. The highest BCUT2D eigenvalue weighted by atomic mass is 16.7. The predicted molar refractivity (Wildman–Crippen MR) is 89.7 cm³/mol. The standard InChI is InChI=1S/C19H34O3/c1-3-5-6-7-11-14-19(21-4-2,22-16-18-15-20-18)17-12-9-8-10-13-17/h4,17-18H,2-3,5-16H2,1H3. The fourth-order valence-electron chi connectivity index (χ4n) is 3.64. The Hall–Kier alpha value is -0.540. The smallest absolute Gasteiger partial charge is 0.212 e. The van der Waals surface area contributed by atoms with Crippen molar-refractivity contribution in [2.75, 3.05) is 13.2 Å². The van der Waals surface area contributed by atoms with Gasteiger partial charge in [0.25, 0.3) is 0 Å². The van der Waals surface area contributed by atoms with Gasteiger partial charge in [0.05, 0.1) is 19.5 Å². The van der Waals surface area contributed by atoms with Gasteiger partial charge in [0, 0.05) is 12.3 Å². The second kappa shape index (κ2) is 9.57. The predicted octanol–water partition coefficient (Wildman–Crippen LogP) is 5.20. The van der Waals surface area contributed by atoms with Crippen LogP contribution < -0.4 is 0 Å². The Morgan fingerprint density at radius 3 is 2.50 bits per heavy atom. The third kappa shape index (κ3) is 5.58. The molecule has 2 unspecified atom stereocenters. The van der Waals surface area contributed by atoms with Crippen molar-refractivity contribution >= 4 is 0 Å². The van der Waals surface area contributed by atoms with E-state index in [9.17, 15) is 0 Å². The molecule has 1 aliphatic carbocycles. The Bertz CT molecular complexity index is 308. The first-order valence-corrected chi connectivity index (χ1v) is 9.35. The molecule has 1 aliphatic heterocycles. The molecule has 0 aromatic rings. The Labute approximate surface area is 136 Å². The lowest BCUT2D eigenvalue weighted by atomic mass is 9.80. The molecule has 22 heavy (non-hydrogen) atoms. The van der Waals surface area contributed by atoms with Gasteiger partial charge >= 0.3 is 0 Å². The molecule has 0 aromatic heterocycles. The van der Waals surface area contributed by atoms with Crippen LogP contribution in [0.3, 0.4) is 0 Å². The maximum Gasteiger partial charge on any atom is 0.212 e. The van der Waals surface area contributed by atoms with Crippen molar-refractivity contribution in [3.8, 4) is 0 Å². The van der Waals surface area contributed by atoms with E-state index < -0.39 is 5.79 Å². The van der Waals surface area contributed by atoms with Crippen LogP contribution in [0.25, 0.3) is 0 Å². The van der Waals surface area contributed by atoms with Gasteiger partial charge in [-0.3, -0.25) is 0 Å².